The number of nitrogens with zero attached hydrogens (tertiary/aromatic N) is 3. The van der Waals surface area contributed by atoms with Gasteiger partial charge in [-0.25, -0.2) is 9.78 Å². The highest BCUT2D eigenvalue weighted by Gasteiger charge is 2.50. The molecule has 0 saturated heterocycles. The number of carboxylic acid groups (broad SMARTS) is 1. The van der Waals surface area contributed by atoms with Crippen LogP contribution in [0.15, 0.2) is 60.7 Å². The molecule has 2 fully saturated rings. The van der Waals surface area contributed by atoms with Gasteiger partial charge in [0.05, 0.1) is 11.2 Å². The molecule has 40 heavy (non-hydrogen) atoms. The number of fused-ring (bicyclic) bond motifs is 1. The minimum absolute atomic E-state index is 0.00384. The lowest BCUT2D eigenvalue weighted by molar-refractivity contribution is -0.121. The van der Waals surface area contributed by atoms with Gasteiger partial charge in [0, 0.05) is 23.2 Å². The number of pyridine rings is 1. The number of carbonyl (C=O) groups excluding carboxylic acids is 1. The normalized spacial score (nSPS) is 18.3. The van der Waals surface area contributed by atoms with E-state index in [1.54, 1.807) is 4.90 Å². The first-order valence-electron chi connectivity index (χ1n) is 14.4. The van der Waals surface area contributed by atoms with E-state index in [0.29, 0.717) is 18.3 Å². The summed E-state index contributed by atoms with van der Waals surface area (Å²) in [4.78, 5) is 33.8. The minimum Gasteiger partial charge on any atom is -0.466 e. The Hall–Kier alpha value is -3.87. The number of carbonyl (C=O) groups is 2. The van der Waals surface area contributed by atoms with Gasteiger partial charge >= 0.3 is 6.09 Å². The van der Waals surface area contributed by atoms with Crippen molar-refractivity contribution in [1.82, 2.24) is 9.88 Å². The largest absolute Gasteiger partial charge is 0.466 e. The summed E-state index contributed by atoms with van der Waals surface area (Å²) in [7, 11) is 0. The molecule has 2 amide bonds. The van der Waals surface area contributed by atoms with E-state index in [2.05, 4.69) is 30.3 Å². The Labute approximate surface area is 235 Å². The zero-order valence-electron chi connectivity index (χ0n) is 23.5. The van der Waals surface area contributed by atoms with E-state index >= 15 is 0 Å². The average molecular weight is 540 g/mol. The predicted molar refractivity (Wildman–Crippen MR) is 155 cm³/mol. The van der Waals surface area contributed by atoms with Gasteiger partial charge in [0.2, 0.25) is 5.88 Å². The van der Waals surface area contributed by atoms with Gasteiger partial charge in [0.15, 0.2) is 6.61 Å². The second-order valence-electron chi connectivity index (χ2n) is 12.4. The lowest BCUT2D eigenvalue weighted by Crippen LogP contribution is -2.60. The summed E-state index contributed by atoms with van der Waals surface area (Å²) in [5.74, 6) is 0.988. The molecule has 3 aliphatic rings. The van der Waals surface area contributed by atoms with Crippen molar-refractivity contribution in [3.05, 3.63) is 66.2 Å². The summed E-state index contributed by atoms with van der Waals surface area (Å²) in [6.07, 6.45) is 5.25. The summed E-state index contributed by atoms with van der Waals surface area (Å²) in [6.45, 7) is 6.57. The van der Waals surface area contributed by atoms with Crippen molar-refractivity contribution in [2.45, 2.75) is 70.4 Å². The Bertz CT molecular complexity index is 1420. The van der Waals surface area contributed by atoms with E-state index in [1.165, 1.54) is 6.42 Å². The number of benzene rings is 2. The first-order valence-corrected chi connectivity index (χ1v) is 14.4. The number of aromatic nitrogens is 1. The molecule has 0 unspecified atom stereocenters. The third kappa shape index (κ3) is 4.51. The SMILES string of the molecule is CC(C)(C)N(C(=O)O)C1(c2ccc(-c3nc4c(cc3-c3ccccc3)N(CC3CCC3)C(=O)CO4)cc2)CCC1. The molecule has 2 aromatic carbocycles. The van der Waals surface area contributed by atoms with Crippen LogP contribution in [0.3, 0.4) is 0 Å². The number of hydrogen-bond acceptors (Lipinski definition) is 4. The third-order valence-corrected chi connectivity index (χ3v) is 8.81. The number of hydrogen-bond donors (Lipinski definition) is 1. The fraction of sp³-hybridized carbons (Fsp3) is 0.424. The quantitative estimate of drug-likeness (QED) is 0.361. The highest BCUT2D eigenvalue weighted by Crippen LogP contribution is 2.50. The van der Waals surface area contributed by atoms with Gasteiger partial charge in [0.1, 0.15) is 5.69 Å². The molecule has 3 aromatic rings. The molecule has 2 aliphatic carbocycles. The van der Waals surface area contributed by atoms with E-state index in [1.807, 2.05) is 56.0 Å². The molecule has 7 heteroatoms. The monoisotopic (exact) mass is 539 g/mol. The van der Waals surface area contributed by atoms with Crippen molar-refractivity contribution < 1.29 is 19.4 Å². The van der Waals surface area contributed by atoms with Gasteiger partial charge in [-0.05, 0) is 76.0 Å². The predicted octanol–water partition coefficient (Wildman–Crippen LogP) is 7.10. The maximum Gasteiger partial charge on any atom is 0.408 e. The minimum atomic E-state index is -0.892. The maximum absolute atomic E-state index is 12.9. The van der Waals surface area contributed by atoms with E-state index < -0.39 is 17.2 Å². The lowest BCUT2D eigenvalue weighted by Gasteiger charge is -2.54. The molecule has 0 spiro atoms. The van der Waals surface area contributed by atoms with Crippen molar-refractivity contribution in [2.75, 3.05) is 18.1 Å². The zero-order chi connectivity index (χ0) is 28.1. The molecule has 2 heterocycles. The van der Waals surface area contributed by atoms with Gasteiger partial charge in [0.25, 0.3) is 5.91 Å². The Kier molecular flexibility index (Phi) is 6.56. The number of anilines is 1. The summed E-state index contributed by atoms with van der Waals surface area (Å²) < 4.78 is 5.88. The molecule has 1 N–H and O–H groups in total. The summed E-state index contributed by atoms with van der Waals surface area (Å²) in [6, 6.07) is 20.3. The summed E-state index contributed by atoms with van der Waals surface area (Å²) >= 11 is 0. The van der Waals surface area contributed by atoms with Crippen molar-refractivity contribution in [3.63, 3.8) is 0 Å². The fourth-order valence-corrected chi connectivity index (χ4v) is 6.52. The number of amides is 2. The molecule has 6 rings (SSSR count). The molecule has 2 saturated carbocycles. The fourth-order valence-electron chi connectivity index (χ4n) is 6.52. The number of ether oxygens (including phenoxy) is 1. The van der Waals surface area contributed by atoms with E-state index in [4.69, 9.17) is 9.72 Å². The van der Waals surface area contributed by atoms with Crippen LogP contribution in [0.4, 0.5) is 10.5 Å². The summed E-state index contributed by atoms with van der Waals surface area (Å²) in [5, 5.41) is 10.2. The van der Waals surface area contributed by atoms with Gasteiger partial charge in [-0.3, -0.25) is 9.69 Å². The maximum atomic E-state index is 12.9. The van der Waals surface area contributed by atoms with Crippen LogP contribution in [0, 0.1) is 5.92 Å². The van der Waals surface area contributed by atoms with Gasteiger partial charge in [-0.15, -0.1) is 0 Å². The van der Waals surface area contributed by atoms with E-state index in [9.17, 15) is 14.7 Å². The molecular weight excluding hydrogens is 502 g/mol. The average Bonchev–Trinajstić information content (AvgIpc) is 2.88. The Balaban J connectivity index is 1.42. The van der Waals surface area contributed by atoms with Gasteiger partial charge in [-0.1, -0.05) is 61.0 Å². The smallest absolute Gasteiger partial charge is 0.408 e. The van der Waals surface area contributed by atoms with Crippen LogP contribution < -0.4 is 9.64 Å². The second kappa shape index (κ2) is 9.95. The van der Waals surface area contributed by atoms with Crippen LogP contribution in [0.5, 0.6) is 5.88 Å². The second-order valence-corrected chi connectivity index (χ2v) is 12.4. The van der Waals surface area contributed by atoms with Crippen LogP contribution in [0.2, 0.25) is 0 Å². The third-order valence-electron chi connectivity index (χ3n) is 8.81. The molecule has 208 valence electrons. The van der Waals surface area contributed by atoms with Crippen molar-refractivity contribution in [2.24, 2.45) is 5.92 Å². The van der Waals surface area contributed by atoms with Crippen molar-refractivity contribution in [1.29, 1.82) is 0 Å². The van der Waals surface area contributed by atoms with Gasteiger partial charge in [-0.2, -0.15) is 0 Å². The van der Waals surface area contributed by atoms with Crippen LogP contribution in [0.1, 0.15) is 64.9 Å². The Morgan fingerprint density at radius 2 is 1.75 bits per heavy atom. The first kappa shape index (κ1) is 26.4. The number of rotatable bonds is 6. The van der Waals surface area contributed by atoms with Crippen LogP contribution in [0.25, 0.3) is 22.4 Å². The lowest BCUT2D eigenvalue weighted by atomic mass is 9.69. The standard InChI is InChI=1S/C33H37N3O4/c1-32(2,3)36(31(38)39)33(17-8-18-33)25-15-13-24(14-16-25)29-26(23-11-5-4-6-12-23)19-27-30(34-29)40-21-28(37)35(27)20-22-9-7-10-22/h4-6,11-16,19,22H,7-10,17-18,20-21H2,1-3H3,(H,38,39). The van der Waals surface area contributed by atoms with E-state index in [-0.39, 0.29) is 12.5 Å². The molecule has 1 aliphatic heterocycles. The highest BCUT2D eigenvalue weighted by molar-refractivity contribution is 5.99. The molecular formula is C33H37N3O4. The van der Waals surface area contributed by atoms with Crippen molar-refractivity contribution in [3.8, 4) is 28.3 Å². The first-order chi connectivity index (χ1) is 19.2. The van der Waals surface area contributed by atoms with Crippen molar-refractivity contribution >= 4 is 17.7 Å². The topological polar surface area (TPSA) is 83.0 Å². The Morgan fingerprint density at radius 3 is 2.30 bits per heavy atom. The molecule has 0 bridgehead atoms. The van der Waals surface area contributed by atoms with Crippen LogP contribution in [-0.4, -0.2) is 45.7 Å². The highest BCUT2D eigenvalue weighted by atomic mass is 16.5. The summed E-state index contributed by atoms with van der Waals surface area (Å²) in [5.41, 5.74) is 4.34. The Morgan fingerprint density at radius 1 is 1.05 bits per heavy atom. The van der Waals surface area contributed by atoms with Crippen LogP contribution in [-0.2, 0) is 10.3 Å². The zero-order valence-corrected chi connectivity index (χ0v) is 23.5. The molecule has 0 atom stereocenters. The van der Waals surface area contributed by atoms with Crippen LogP contribution >= 0.6 is 0 Å². The van der Waals surface area contributed by atoms with E-state index in [0.717, 1.165) is 65.7 Å². The molecule has 0 radical (unpaired) electrons. The van der Waals surface area contributed by atoms with Gasteiger partial charge < -0.3 is 14.7 Å². The molecule has 1 aromatic heterocycles. The molecule has 7 nitrogen and oxygen atoms in total.